The summed E-state index contributed by atoms with van der Waals surface area (Å²) in [4.78, 5) is 10.8. The standard InChI is InChI=1S/C6H5N3O2/c7-1-2-9-6(11)3-5(10)4-8-9/h3-4,10H,2H2. The zero-order chi connectivity index (χ0) is 8.27. The molecule has 56 valence electrons. The van der Waals surface area contributed by atoms with E-state index in [1.807, 2.05) is 0 Å². The Balaban J connectivity index is 3.12. The van der Waals surface area contributed by atoms with E-state index in [-0.39, 0.29) is 12.3 Å². The highest BCUT2D eigenvalue weighted by Gasteiger charge is 1.95. The third-order valence-corrected chi connectivity index (χ3v) is 1.08. The van der Waals surface area contributed by atoms with Crippen LogP contribution in [0.3, 0.4) is 0 Å². The van der Waals surface area contributed by atoms with Crippen molar-refractivity contribution in [2.45, 2.75) is 6.54 Å². The molecule has 0 saturated heterocycles. The minimum atomic E-state index is -0.480. The molecule has 11 heavy (non-hydrogen) atoms. The highest BCUT2D eigenvalue weighted by Crippen LogP contribution is 1.96. The number of nitriles is 1. The summed E-state index contributed by atoms with van der Waals surface area (Å²) in [5, 5.41) is 20.4. The molecule has 0 aliphatic heterocycles. The fraction of sp³-hybridized carbons (Fsp3) is 0.167. The molecule has 0 atom stereocenters. The average Bonchev–Trinajstić information content (AvgIpc) is 1.95. The molecular weight excluding hydrogens is 146 g/mol. The first kappa shape index (κ1) is 7.28. The van der Waals surface area contributed by atoms with E-state index < -0.39 is 5.56 Å². The molecule has 0 unspecified atom stereocenters. The summed E-state index contributed by atoms with van der Waals surface area (Å²) in [5.74, 6) is -0.191. The molecule has 0 aliphatic carbocycles. The van der Waals surface area contributed by atoms with Crippen LogP contribution >= 0.6 is 0 Å². The number of hydrogen-bond donors (Lipinski definition) is 1. The molecule has 0 saturated carbocycles. The van der Waals surface area contributed by atoms with Crippen molar-refractivity contribution < 1.29 is 5.11 Å². The van der Waals surface area contributed by atoms with Crippen LogP contribution in [0.25, 0.3) is 0 Å². The highest BCUT2D eigenvalue weighted by atomic mass is 16.3. The Hall–Kier alpha value is -1.83. The Morgan fingerprint density at radius 3 is 3.09 bits per heavy atom. The molecule has 0 aliphatic rings. The zero-order valence-corrected chi connectivity index (χ0v) is 5.56. The number of aromatic nitrogens is 2. The van der Waals surface area contributed by atoms with E-state index in [4.69, 9.17) is 10.4 Å². The van der Waals surface area contributed by atoms with E-state index in [0.717, 1.165) is 16.9 Å². The van der Waals surface area contributed by atoms with Crippen molar-refractivity contribution in [3.05, 3.63) is 22.6 Å². The largest absolute Gasteiger partial charge is 0.506 e. The van der Waals surface area contributed by atoms with Gasteiger partial charge in [-0.3, -0.25) is 4.79 Å². The molecule has 0 spiro atoms. The molecule has 1 heterocycles. The Morgan fingerprint density at radius 2 is 2.55 bits per heavy atom. The van der Waals surface area contributed by atoms with Crippen LogP contribution in [0.5, 0.6) is 5.75 Å². The summed E-state index contributed by atoms with van der Waals surface area (Å²) < 4.78 is 0.958. The highest BCUT2D eigenvalue weighted by molar-refractivity contribution is 5.10. The van der Waals surface area contributed by atoms with Gasteiger partial charge in [0.2, 0.25) is 0 Å². The van der Waals surface area contributed by atoms with Gasteiger partial charge in [-0.2, -0.15) is 10.4 Å². The lowest BCUT2D eigenvalue weighted by atomic mass is 10.5. The summed E-state index contributed by atoms with van der Waals surface area (Å²) in [5.41, 5.74) is -0.480. The molecule has 0 aromatic carbocycles. The lowest BCUT2D eigenvalue weighted by Crippen LogP contribution is -2.20. The van der Waals surface area contributed by atoms with E-state index >= 15 is 0 Å². The van der Waals surface area contributed by atoms with Crippen molar-refractivity contribution in [2.75, 3.05) is 0 Å². The predicted molar refractivity (Wildman–Crippen MR) is 35.8 cm³/mol. The van der Waals surface area contributed by atoms with Gasteiger partial charge in [0.1, 0.15) is 12.3 Å². The van der Waals surface area contributed by atoms with Crippen LogP contribution in [0.1, 0.15) is 0 Å². The van der Waals surface area contributed by atoms with E-state index in [2.05, 4.69) is 5.10 Å². The quantitative estimate of drug-likeness (QED) is 0.585. The summed E-state index contributed by atoms with van der Waals surface area (Å²) in [6, 6.07) is 2.77. The molecule has 5 heteroatoms. The first-order chi connectivity index (χ1) is 5.24. The predicted octanol–water partition coefficient (Wildman–Crippen LogP) is -0.528. The smallest absolute Gasteiger partial charge is 0.271 e. The van der Waals surface area contributed by atoms with Gasteiger partial charge in [0.15, 0.2) is 0 Å². The Kier molecular flexibility index (Phi) is 1.88. The first-order valence-corrected chi connectivity index (χ1v) is 2.87. The molecule has 0 fully saturated rings. The van der Waals surface area contributed by atoms with Crippen LogP contribution in [0, 0.1) is 11.3 Å². The van der Waals surface area contributed by atoms with Crippen LogP contribution in [-0.2, 0) is 6.54 Å². The molecule has 0 bridgehead atoms. The normalized spacial score (nSPS) is 9.00. The fourth-order valence-electron chi connectivity index (χ4n) is 0.610. The second-order valence-electron chi connectivity index (χ2n) is 1.87. The Labute approximate surface area is 62.1 Å². The summed E-state index contributed by atoms with van der Waals surface area (Å²) in [6.45, 7) is -0.0981. The molecule has 0 radical (unpaired) electrons. The van der Waals surface area contributed by atoms with Crippen LogP contribution < -0.4 is 5.56 Å². The number of hydrogen-bond acceptors (Lipinski definition) is 4. The van der Waals surface area contributed by atoms with E-state index in [9.17, 15) is 4.79 Å². The maximum Gasteiger partial charge on any atom is 0.271 e. The molecule has 5 nitrogen and oxygen atoms in total. The van der Waals surface area contributed by atoms with Crippen LogP contribution in [-0.4, -0.2) is 14.9 Å². The van der Waals surface area contributed by atoms with Crippen LogP contribution in [0.15, 0.2) is 17.1 Å². The van der Waals surface area contributed by atoms with Gasteiger partial charge in [0, 0.05) is 6.07 Å². The van der Waals surface area contributed by atoms with Gasteiger partial charge in [-0.05, 0) is 0 Å². The third kappa shape index (κ3) is 1.55. The van der Waals surface area contributed by atoms with Crippen molar-refractivity contribution >= 4 is 0 Å². The van der Waals surface area contributed by atoms with Gasteiger partial charge < -0.3 is 5.11 Å². The second-order valence-corrected chi connectivity index (χ2v) is 1.87. The molecular formula is C6H5N3O2. The maximum absolute atomic E-state index is 10.8. The van der Waals surface area contributed by atoms with Crippen molar-refractivity contribution in [3.8, 4) is 11.8 Å². The monoisotopic (exact) mass is 151 g/mol. The summed E-state index contributed by atoms with van der Waals surface area (Å²) in [7, 11) is 0. The first-order valence-electron chi connectivity index (χ1n) is 2.87. The third-order valence-electron chi connectivity index (χ3n) is 1.08. The van der Waals surface area contributed by atoms with E-state index in [1.165, 1.54) is 0 Å². The van der Waals surface area contributed by atoms with Crippen molar-refractivity contribution in [1.29, 1.82) is 5.26 Å². The average molecular weight is 151 g/mol. The number of rotatable bonds is 1. The van der Waals surface area contributed by atoms with Gasteiger partial charge in [0.05, 0.1) is 12.3 Å². The van der Waals surface area contributed by atoms with Crippen LogP contribution in [0.2, 0.25) is 0 Å². The molecule has 1 aromatic heterocycles. The molecule has 1 rings (SSSR count). The molecule has 1 aromatic rings. The summed E-state index contributed by atoms with van der Waals surface area (Å²) >= 11 is 0. The van der Waals surface area contributed by atoms with Gasteiger partial charge in [-0.1, -0.05) is 0 Å². The lowest BCUT2D eigenvalue weighted by molar-refractivity contribution is 0.463. The maximum atomic E-state index is 10.8. The van der Waals surface area contributed by atoms with Gasteiger partial charge in [-0.15, -0.1) is 0 Å². The van der Waals surface area contributed by atoms with E-state index in [1.54, 1.807) is 6.07 Å². The number of aromatic hydroxyl groups is 1. The summed E-state index contributed by atoms with van der Waals surface area (Å²) in [6.07, 6.45) is 1.11. The van der Waals surface area contributed by atoms with Gasteiger partial charge in [-0.25, -0.2) is 4.68 Å². The van der Waals surface area contributed by atoms with E-state index in [0.29, 0.717) is 0 Å². The van der Waals surface area contributed by atoms with Gasteiger partial charge >= 0.3 is 0 Å². The zero-order valence-electron chi connectivity index (χ0n) is 5.56. The molecule has 1 N–H and O–H groups in total. The second kappa shape index (κ2) is 2.84. The lowest BCUT2D eigenvalue weighted by Gasteiger charge is -1.95. The minimum Gasteiger partial charge on any atom is -0.506 e. The fourth-order valence-corrected chi connectivity index (χ4v) is 0.610. The Morgan fingerprint density at radius 1 is 1.82 bits per heavy atom. The molecule has 0 amide bonds. The SMILES string of the molecule is N#CCn1ncc(O)cc1=O. The van der Waals surface area contributed by atoms with Crippen molar-refractivity contribution in [1.82, 2.24) is 9.78 Å². The van der Waals surface area contributed by atoms with Crippen molar-refractivity contribution in [3.63, 3.8) is 0 Å². The van der Waals surface area contributed by atoms with Crippen LogP contribution in [0.4, 0.5) is 0 Å². The van der Waals surface area contributed by atoms with Crippen molar-refractivity contribution in [2.24, 2.45) is 0 Å². The van der Waals surface area contributed by atoms with Gasteiger partial charge in [0.25, 0.3) is 5.56 Å². The topological polar surface area (TPSA) is 78.9 Å². The Bertz CT molecular complexity index is 350. The number of nitrogens with zero attached hydrogens (tertiary/aromatic N) is 3. The minimum absolute atomic E-state index is 0.0981.